The molecule has 0 aliphatic carbocycles. The van der Waals surface area contributed by atoms with Crippen molar-refractivity contribution in [2.24, 2.45) is 5.73 Å². The predicted molar refractivity (Wildman–Crippen MR) is 80.6 cm³/mol. The Bertz CT molecular complexity index is 534. The maximum Gasteiger partial charge on any atom is 0.118 e. The maximum absolute atomic E-state index is 5.59. The molecule has 0 atom stereocenters. The third kappa shape index (κ3) is 3.93. The second-order valence-electron chi connectivity index (χ2n) is 4.80. The van der Waals surface area contributed by atoms with E-state index < -0.39 is 0 Å². The average Bonchev–Trinajstić information content (AvgIpc) is 2.73. The Morgan fingerprint density at radius 2 is 1.89 bits per heavy atom. The lowest BCUT2D eigenvalue weighted by molar-refractivity contribution is 0.316. The number of nitrogens with zero attached hydrogens (tertiary/aromatic N) is 1. The summed E-state index contributed by atoms with van der Waals surface area (Å²) < 4.78 is 6.68. The molecule has 4 heteroatoms. The van der Waals surface area contributed by atoms with Gasteiger partial charge >= 0.3 is 0 Å². The van der Waals surface area contributed by atoms with Crippen molar-refractivity contribution in [3.8, 4) is 0 Å². The smallest absolute Gasteiger partial charge is 0.118 e. The van der Waals surface area contributed by atoms with Gasteiger partial charge in [-0.25, -0.2) is 0 Å². The lowest BCUT2D eigenvalue weighted by atomic mass is 10.2. The number of benzene rings is 1. The Balaban J connectivity index is 1.98. The van der Waals surface area contributed by atoms with E-state index in [9.17, 15) is 0 Å². The van der Waals surface area contributed by atoms with Crippen LogP contribution in [0.5, 0.6) is 0 Å². The van der Waals surface area contributed by atoms with Crippen LogP contribution in [0.25, 0.3) is 0 Å². The Morgan fingerprint density at radius 3 is 2.47 bits per heavy atom. The molecule has 0 spiro atoms. The topological polar surface area (TPSA) is 42.4 Å². The van der Waals surface area contributed by atoms with E-state index in [-0.39, 0.29) is 0 Å². The Hall–Kier alpha value is -1.10. The molecule has 0 aliphatic heterocycles. The number of rotatable bonds is 5. The predicted octanol–water partition coefficient (Wildman–Crippen LogP) is 3.44. The standard InChI is InChI=1S/C15H19BrN2O/c1-11-13(7-15(8-17)19-11)10-18(2)9-12-3-5-14(16)6-4-12/h3-7H,8-10,17H2,1-2H3. The summed E-state index contributed by atoms with van der Waals surface area (Å²) in [6.07, 6.45) is 0. The highest BCUT2D eigenvalue weighted by molar-refractivity contribution is 9.10. The van der Waals surface area contributed by atoms with Crippen molar-refractivity contribution in [1.29, 1.82) is 0 Å². The van der Waals surface area contributed by atoms with Crippen LogP contribution >= 0.6 is 15.9 Å². The molecule has 0 radical (unpaired) electrons. The number of halogens is 1. The molecule has 3 nitrogen and oxygen atoms in total. The van der Waals surface area contributed by atoms with Gasteiger partial charge < -0.3 is 10.2 Å². The molecule has 0 aliphatic rings. The van der Waals surface area contributed by atoms with Crippen molar-refractivity contribution in [2.45, 2.75) is 26.6 Å². The molecule has 1 heterocycles. The molecule has 0 saturated carbocycles. The van der Waals surface area contributed by atoms with Crippen LogP contribution in [0.1, 0.15) is 22.6 Å². The normalized spacial score (nSPS) is 11.2. The summed E-state index contributed by atoms with van der Waals surface area (Å²) in [5.41, 5.74) is 8.09. The van der Waals surface area contributed by atoms with E-state index in [1.807, 2.05) is 13.0 Å². The number of hydrogen-bond acceptors (Lipinski definition) is 3. The fourth-order valence-electron chi connectivity index (χ4n) is 2.09. The van der Waals surface area contributed by atoms with E-state index in [2.05, 4.69) is 52.1 Å². The third-order valence-corrected chi connectivity index (χ3v) is 3.61. The monoisotopic (exact) mass is 322 g/mol. The first-order valence-electron chi connectivity index (χ1n) is 6.29. The van der Waals surface area contributed by atoms with Crippen LogP contribution in [-0.4, -0.2) is 11.9 Å². The molecule has 0 saturated heterocycles. The minimum Gasteiger partial charge on any atom is -0.465 e. The van der Waals surface area contributed by atoms with Crippen molar-refractivity contribution in [2.75, 3.05) is 7.05 Å². The molecule has 2 N–H and O–H groups in total. The van der Waals surface area contributed by atoms with Gasteiger partial charge in [-0.05, 0) is 37.7 Å². The van der Waals surface area contributed by atoms with Gasteiger partial charge in [0.25, 0.3) is 0 Å². The van der Waals surface area contributed by atoms with Gasteiger partial charge in [0.15, 0.2) is 0 Å². The van der Waals surface area contributed by atoms with Crippen molar-refractivity contribution in [1.82, 2.24) is 4.90 Å². The Morgan fingerprint density at radius 1 is 1.21 bits per heavy atom. The zero-order valence-corrected chi connectivity index (χ0v) is 12.9. The Kier molecular flexibility index (Phi) is 4.80. The SMILES string of the molecule is Cc1oc(CN)cc1CN(C)Cc1ccc(Br)cc1. The quantitative estimate of drug-likeness (QED) is 0.916. The molecule has 19 heavy (non-hydrogen) atoms. The molecular weight excluding hydrogens is 304 g/mol. The highest BCUT2D eigenvalue weighted by Gasteiger charge is 2.09. The molecule has 0 unspecified atom stereocenters. The van der Waals surface area contributed by atoms with Gasteiger partial charge in [-0.2, -0.15) is 0 Å². The summed E-state index contributed by atoms with van der Waals surface area (Å²) >= 11 is 3.45. The fourth-order valence-corrected chi connectivity index (χ4v) is 2.36. The van der Waals surface area contributed by atoms with Crippen LogP contribution in [0.15, 0.2) is 39.2 Å². The molecule has 1 aromatic carbocycles. The van der Waals surface area contributed by atoms with E-state index in [0.29, 0.717) is 6.54 Å². The van der Waals surface area contributed by atoms with Crippen LogP contribution < -0.4 is 5.73 Å². The van der Waals surface area contributed by atoms with Gasteiger partial charge in [0, 0.05) is 23.1 Å². The molecule has 0 bridgehead atoms. The molecule has 1 aromatic heterocycles. The summed E-state index contributed by atoms with van der Waals surface area (Å²) in [5, 5.41) is 0. The maximum atomic E-state index is 5.59. The average molecular weight is 323 g/mol. The number of aryl methyl sites for hydroxylation is 1. The largest absolute Gasteiger partial charge is 0.465 e. The highest BCUT2D eigenvalue weighted by atomic mass is 79.9. The van der Waals surface area contributed by atoms with Gasteiger partial charge in [0.2, 0.25) is 0 Å². The van der Waals surface area contributed by atoms with Crippen LogP contribution in [0.3, 0.4) is 0 Å². The van der Waals surface area contributed by atoms with Crippen molar-refractivity contribution < 1.29 is 4.42 Å². The number of nitrogens with two attached hydrogens (primary N) is 1. The van der Waals surface area contributed by atoms with Gasteiger partial charge in [-0.15, -0.1) is 0 Å². The molecule has 0 fully saturated rings. The summed E-state index contributed by atoms with van der Waals surface area (Å²) in [4.78, 5) is 2.27. The Labute approximate surface area is 122 Å². The second kappa shape index (κ2) is 6.37. The van der Waals surface area contributed by atoms with E-state index in [0.717, 1.165) is 29.1 Å². The zero-order valence-electron chi connectivity index (χ0n) is 11.3. The van der Waals surface area contributed by atoms with Crippen molar-refractivity contribution >= 4 is 15.9 Å². The first-order valence-corrected chi connectivity index (χ1v) is 7.09. The minimum absolute atomic E-state index is 0.456. The first-order chi connectivity index (χ1) is 9.08. The third-order valence-electron chi connectivity index (χ3n) is 3.08. The molecule has 102 valence electrons. The van der Waals surface area contributed by atoms with E-state index in [1.54, 1.807) is 0 Å². The molecule has 2 rings (SSSR count). The number of hydrogen-bond donors (Lipinski definition) is 1. The van der Waals surface area contributed by atoms with Crippen LogP contribution in [0.2, 0.25) is 0 Å². The van der Waals surface area contributed by atoms with E-state index >= 15 is 0 Å². The van der Waals surface area contributed by atoms with Gasteiger partial charge in [-0.1, -0.05) is 28.1 Å². The summed E-state index contributed by atoms with van der Waals surface area (Å²) in [5.74, 6) is 1.81. The molecular formula is C15H19BrN2O. The lowest BCUT2D eigenvalue weighted by Crippen LogP contribution is -2.17. The summed E-state index contributed by atoms with van der Waals surface area (Å²) in [6, 6.07) is 10.5. The fraction of sp³-hybridized carbons (Fsp3) is 0.333. The highest BCUT2D eigenvalue weighted by Crippen LogP contribution is 2.17. The zero-order chi connectivity index (χ0) is 13.8. The first kappa shape index (κ1) is 14.3. The van der Waals surface area contributed by atoms with E-state index in [4.69, 9.17) is 10.2 Å². The summed E-state index contributed by atoms with van der Waals surface area (Å²) in [7, 11) is 2.11. The van der Waals surface area contributed by atoms with Gasteiger partial charge in [-0.3, -0.25) is 4.90 Å². The minimum atomic E-state index is 0.456. The molecule has 2 aromatic rings. The van der Waals surface area contributed by atoms with Crippen LogP contribution in [-0.2, 0) is 19.6 Å². The van der Waals surface area contributed by atoms with Crippen molar-refractivity contribution in [3.05, 3.63) is 57.5 Å². The van der Waals surface area contributed by atoms with Crippen LogP contribution in [0, 0.1) is 6.92 Å². The van der Waals surface area contributed by atoms with E-state index in [1.165, 1.54) is 11.1 Å². The number of furan rings is 1. The van der Waals surface area contributed by atoms with Gasteiger partial charge in [0.1, 0.15) is 11.5 Å². The van der Waals surface area contributed by atoms with Gasteiger partial charge in [0.05, 0.1) is 6.54 Å². The second-order valence-corrected chi connectivity index (χ2v) is 5.71. The molecule has 0 amide bonds. The summed E-state index contributed by atoms with van der Waals surface area (Å²) in [6.45, 7) is 4.22. The van der Waals surface area contributed by atoms with Crippen molar-refractivity contribution in [3.63, 3.8) is 0 Å². The van der Waals surface area contributed by atoms with Crippen LogP contribution in [0.4, 0.5) is 0 Å². The lowest BCUT2D eigenvalue weighted by Gasteiger charge is -2.16.